The van der Waals surface area contributed by atoms with Gasteiger partial charge in [0.15, 0.2) is 0 Å². The zero-order valence-corrected chi connectivity index (χ0v) is 12.1. The van der Waals surface area contributed by atoms with Gasteiger partial charge in [0.1, 0.15) is 0 Å². The lowest BCUT2D eigenvalue weighted by molar-refractivity contribution is -0.137. The maximum Gasteiger partial charge on any atom is 0.304 e. The molecule has 1 rings (SSSR count). The summed E-state index contributed by atoms with van der Waals surface area (Å²) in [4.78, 5) is 10.8. The van der Waals surface area contributed by atoms with Crippen molar-refractivity contribution in [3.05, 3.63) is 35.4 Å². The van der Waals surface area contributed by atoms with Gasteiger partial charge in [-0.3, -0.25) is 4.79 Å². The van der Waals surface area contributed by atoms with Crippen molar-refractivity contribution in [3.63, 3.8) is 0 Å². The number of benzene rings is 1. The number of nitrogens with one attached hydrogen (secondary N) is 1. The monoisotopic (exact) mass is 263 g/mol. The van der Waals surface area contributed by atoms with Gasteiger partial charge in [0.2, 0.25) is 0 Å². The van der Waals surface area contributed by atoms with Crippen molar-refractivity contribution in [1.82, 2.24) is 5.32 Å². The Labute approximate surface area is 116 Å². The van der Waals surface area contributed by atoms with Crippen LogP contribution >= 0.6 is 0 Å². The lowest BCUT2D eigenvalue weighted by Crippen LogP contribution is -2.33. The van der Waals surface area contributed by atoms with E-state index >= 15 is 0 Å². The summed E-state index contributed by atoms with van der Waals surface area (Å²) in [6.45, 7) is 7.21. The third-order valence-corrected chi connectivity index (χ3v) is 3.56. The first-order chi connectivity index (χ1) is 9.06. The molecule has 0 fully saturated rings. The molecule has 0 aliphatic rings. The van der Waals surface area contributed by atoms with E-state index in [9.17, 15) is 4.79 Å². The molecule has 1 aromatic rings. The molecule has 0 aromatic heterocycles. The molecule has 2 unspecified atom stereocenters. The van der Waals surface area contributed by atoms with Gasteiger partial charge in [0.25, 0.3) is 0 Å². The van der Waals surface area contributed by atoms with Crippen molar-refractivity contribution in [3.8, 4) is 0 Å². The molecule has 0 amide bonds. The molecule has 2 atom stereocenters. The highest BCUT2D eigenvalue weighted by molar-refractivity contribution is 5.67. The number of likely N-dealkylation sites (N-methyl/N-ethyl adjacent to an activating group) is 1. The van der Waals surface area contributed by atoms with Crippen LogP contribution in [0.1, 0.15) is 50.7 Å². The van der Waals surface area contributed by atoms with E-state index in [-0.39, 0.29) is 12.5 Å². The largest absolute Gasteiger partial charge is 0.481 e. The molecule has 0 saturated heterocycles. The SMILES string of the molecule is CCNC(CC(=O)O)Cc1ccc(C(C)CC)cc1. The van der Waals surface area contributed by atoms with Crippen molar-refractivity contribution < 1.29 is 9.90 Å². The molecule has 0 aliphatic heterocycles. The fourth-order valence-corrected chi connectivity index (χ4v) is 2.22. The molecule has 0 spiro atoms. The molecule has 0 heterocycles. The molecular formula is C16H25NO2. The second-order valence-corrected chi connectivity index (χ2v) is 5.11. The summed E-state index contributed by atoms with van der Waals surface area (Å²) >= 11 is 0. The summed E-state index contributed by atoms with van der Waals surface area (Å²) in [6, 6.07) is 8.57. The summed E-state index contributed by atoms with van der Waals surface area (Å²) in [5, 5.41) is 12.1. The number of hydrogen-bond acceptors (Lipinski definition) is 2. The van der Waals surface area contributed by atoms with Gasteiger partial charge < -0.3 is 10.4 Å². The van der Waals surface area contributed by atoms with Crippen molar-refractivity contribution in [1.29, 1.82) is 0 Å². The summed E-state index contributed by atoms with van der Waals surface area (Å²) in [6.07, 6.45) is 2.07. The minimum atomic E-state index is -0.748. The highest BCUT2D eigenvalue weighted by Gasteiger charge is 2.13. The number of carboxylic acid groups (broad SMARTS) is 1. The molecule has 0 bridgehead atoms. The van der Waals surface area contributed by atoms with E-state index < -0.39 is 5.97 Å². The predicted octanol–water partition coefficient (Wildman–Crippen LogP) is 3.20. The minimum Gasteiger partial charge on any atom is -0.481 e. The van der Waals surface area contributed by atoms with E-state index in [1.165, 1.54) is 11.1 Å². The summed E-state index contributed by atoms with van der Waals surface area (Å²) in [7, 11) is 0. The van der Waals surface area contributed by atoms with Gasteiger partial charge in [-0.2, -0.15) is 0 Å². The highest BCUT2D eigenvalue weighted by atomic mass is 16.4. The molecular weight excluding hydrogens is 238 g/mol. The van der Waals surface area contributed by atoms with Crippen LogP contribution in [0.5, 0.6) is 0 Å². The zero-order valence-electron chi connectivity index (χ0n) is 12.1. The van der Waals surface area contributed by atoms with E-state index in [0.29, 0.717) is 5.92 Å². The van der Waals surface area contributed by atoms with E-state index in [0.717, 1.165) is 19.4 Å². The van der Waals surface area contributed by atoms with E-state index in [1.807, 2.05) is 6.92 Å². The first kappa shape index (κ1) is 15.7. The molecule has 0 aliphatic carbocycles. The molecule has 3 nitrogen and oxygen atoms in total. The number of carboxylic acids is 1. The zero-order chi connectivity index (χ0) is 14.3. The van der Waals surface area contributed by atoms with Crippen LogP contribution in [0.2, 0.25) is 0 Å². The topological polar surface area (TPSA) is 49.3 Å². The Bertz CT molecular complexity index is 386. The standard InChI is InChI=1S/C16H25NO2/c1-4-12(3)14-8-6-13(7-9-14)10-15(17-5-2)11-16(18)19/h6-9,12,15,17H,4-5,10-11H2,1-3H3,(H,18,19). The quantitative estimate of drug-likeness (QED) is 0.757. The highest BCUT2D eigenvalue weighted by Crippen LogP contribution is 2.19. The number of rotatable bonds is 8. The molecule has 0 radical (unpaired) electrons. The molecule has 2 N–H and O–H groups in total. The molecule has 3 heteroatoms. The van der Waals surface area contributed by atoms with Crippen LogP contribution in [-0.4, -0.2) is 23.7 Å². The number of carbonyl (C=O) groups is 1. The lowest BCUT2D eigenvalue weighted by Gasteiger charge is -2.16. The van der Waals surface area contributed by atoms with Crippen LogP contribution in [-0.2, 0) is 11.2 Å². The Morgan fingerprint density at radius 1 is 1.26 bits per heavy atom. The Hall–Kier alpha value is -1.35. The van der Waals surface area contributed by atoms with E-state index in [2.05, 4.69) is 43.4 Å². The molecule has 106 valence electrons. The Balaban J connectivity index is 2.66. The van der Waals surface area contributed by atoms with Gasteiger partial charge in [-0.15, -0.1) is 0 Å². The Morgan fingerprint density at radius 3 is 2.37 bits per heavy atom. The van der Waals surface area contributed by atoms with Crippen molar-refractivity contribution >= 4 is 5.97 Å². The first-order valence-electron chi connectivity index (χ1n) is 7.10. The first-order valence-corrected chi connectivity index (χ1v) is 7.10. The molecule has 0 saturated carbocycles. The predicted molar refractivity (Wildman–Crippen MR) is 78.6 cm³/mol. The van der Waals surface area contributed by atoms with Crippen LogP contribution in [0.25, 0.3) is 0 Å². The third-order valence-electron chi connectivity index (χ3n) is 3.56. The normalized spacial score (nSPS) is 14.1. The van der Waals surface area contributed by atoms with Crippen LogP contribution in [0.3, 0.4) is 0 Å². The fourth-order valence-electron chi connectivity index (χ4n) is 2.22. The third kappa shape index (κ3) is 5.43. The second-order valence-electron chi connectivity index (χ2n) is 5.11. The summed E-state index contributed by atoms with van der Waals surface area (Å²) in [5.41, 5.74) is 2.55. The maximum absolute atomic E-state index is 10.8. The van der Waals surface area contributed by atoms with Crippen LogP contribution in [0.4, 0.5) is 0 Å². The van der Waals surface area contributed by atoms with Gasteiger partial charge >= 0.3 is 5.97 Å². The Kier molecular flexibility index (Phi) is 6.57. The molecule has 1 aromatic carbocycles. The van der Waals surface area contributed by atoms with Gasteiger partial charge in [0.05, 0.1) is 6.42 Å². The van der Waals surface area contributed by atoms with Gasteiger partial charge in [-0.05, 0) is 36.4 Å². The minimum absolute atomic E-state index is 0.0111. The van der Waals surface area contributed by atoms with E-state index in [4.69, 9.17) is 5.11 Å². The summed E-state index contributed by atoms with van der Waals surface area (Å²) < 4.78 is 0. The van der Waals surface area contributed by atoms with Crippen molar-refractivity contribution in [2.45, 2.75) is 52.0 Å². The Morgan fingerprint density at radius 2 is 1.89 bits per heavy atom. The average Bonchev–Trinajstić information content (AvgIpc) is 2.38. The van der Waals surface area contributed by atoms with Gasteiger partial charge in [0, 0.05) is 6.04 Å². The van der Waals surface area contributed by atoms with Crippen LogP contribution < -0.4 is 5.32 Å². The fraction of sp³-hybridized carbons (Fsp3) is 0.562. The number of hydrogen-bond donors (Lipinski definition) is 2. The van der Waals surface area contributed by atoms with Crippen molar-refractivity contribution in [2.24, 2.45) is 0 Å². The van der Waals surface area contributed by atoms with Gasteiger partial charge in [-0.25, -0.2) is 0 Å². The van der Waals surface area contributed by atoms with Gasteiger partial charge in [-0.1, -0.05) is 45.0 Å². The molecule has 19 heavy (non-hydrogen) atoms. The lowest BCUT2D eigenvalue weighted by atomic mass is 9.95. The van der Waals surface area contributed by atoms with Crippen LogP contribution in [0.15, 0.2) is 24.3 Å². The van der Waals surface area contributed by atoms with Crippen LogP contribution in [0, 0.1) is 0 Å². The average molecular weight is 263 g/mol. The van der Waals surface area contributed by atoms with Crippen molar-refractivity contribution in [2.75, 3.05) is 6.54 Å². The second kappa shape index (κ2) is 7.95. The van der Waals surface area contributed by atoms with E-state index in [1.54, 1.807) is 0 Å². The summed E-state index contributed by atoms with van der Waals surface area (Å²) in [5.74, 6) is -0.167. The smallest absolute Gasteiger partial charge is 0.304 e. The number of aliphatic carboxylic acids is 1. The maximum atomic E-state index is 10.8.